The Balaban J connectivity index is 2.31. The number of halogens is 2. The van der Waals surface area contributed by atoms with Crippen LogP contribution in [0, 0.1) is 23.0 Å². The van der Waals surface area contributed by atoms with Crippen LogP contribution in [0.3, 0.4) is 0 Å². The number of anilines is 1. The Bertz CT molecular complexity index is 656. The van der Waals surface area contributed by atoms with Crippen molar-refractivity contribution in [1.29, 1.82) is 5.26 Å². The van der Waals surface area contributed by atoms with Crippen molar-refractivity contribution in [3.05, 3.63) is 41.6 Å². The smallest absolute Gasteiger partial charge is 0.260 e. The van der Waals surface area contributed by atoms with Crippen LogP contribution in [0.1, 0.15) is 5.56 Å². The van der Waals surface area contributed by atoms with Gasteiger partial charge in [-0.3, -0.25) is 5.43 Å². The third-order valence-electron chi connectivity index (χ3n) is 2.12. The van der Waals surface area contributed by atoms with Crippen molar-refractivity contribution < 1.29 is 13.5 Å². The van der Waals surface area contributed by atoms with E-state index in [-0.39, 0.29) is 17.3 Å². The molecule has 0 saturated heterocycles. The van der Waals surface area contributed by atoms with Gasteiger partial charge < -0.3 is 4.74 Å². The van der Waals surface area contributed by atoms with Crippen molar-refractivity contribution in [1.82, 2.24) is 9.97 Å². The van der Waals surface area contributed by atoms with E-state index in [0.717, 1.165) is 12.3 Å². The first-order valence-corrected chi connectivity index (χ1v) is 5.00. The number of hydrogen-bond donors (Lipinski definition) is 2. The van der Waals surface area contributed by atoms with Gasteiger partial charge in [0.25, 0.3) is 5.88 Å². The first-order chi connectivity index (χ1) is 9.13. The fourth-order valence-electron chi connectivity index (χ4n) is 1.25. The molecule has 0 aliphatic rings. The molecule has 0 saturated carbocycles. The second-order valence-electron chi connectivity index (χ2n) is 3.35. The number of benzene rings is 1. The lowest BCUT2D eigenvalue weighted by Gasteiger charge is -2.07. The molecule has 1 aromatic carbocycles. The minimum Gasteiger partial charge on any atom is -0.436 e. The Morgan fingerprint density at radius 3 is 2.74 bits per heavy atom. The molecule has 0 atom stereocenters. The fraction of sp³-hybridized carbons (Fsp3) is 0. The second kappa shape index (κ2) is 5.24. The molecular weight excluding hydrogens is 256 g/mol. The third-order valence-corrected chi connectivity index (χ3v) is 2.12. The Morgan fingerprint density at radius 1 is 1.32 bits per heavy atom. The number of nitriles is 1. The summed E-state index contributed by atoms with van der Waals surface area (Å²) in [4.78, 5) is 7.15. The van der Waals surface area contributed by atoms with E-state index in [1.54, 1.807) is 6.07 Å². The average Bonchev–Trinajstić information content (AvgIpc) is 2.41. The second-order valence-corrected chi connectivity index (χ2v) is 3.35. The van der Waals surface area contributed by atoms with Crippen LogP contribution in [0.25, 0.3) is 0 Å². The molecule has 0 unspecified atom stereocenters. The summed E-state index contributed by atoms with van der Waals surface area (Å²) < 4.78 is 31.8. The first kappa shape index (κ1) is 12.7. The number of rotatable bonds is 3. The van der Waals surface area contributed by atoms with E-state index in [9.17, 15) is 8.78 Å². The maximum Gasteiger partial charge on any atom is 0.260 e. The predicted octanol–water partition coefficient (Wildman–Crippen LogP) is 1.70. The highest BCUT2D eigenvalue weighted by Crippen LogP contribution is 2.24. The molecular formula is C11H7F2N5O. The van der Waals surface area contributed by atoms with E-state index in [2.05, 4.69) is 15.4 Å². The summed E-state index contributed by atoms with van der Waals surface area (Å²) >= 11 is 0. The minimum absolute atomic E-state index is 0.00271. The lowest BCUT2D eigenvalue weighted by molar-refractivity contribution is 0.417. The van der Waals surface area contributed by atoms with E-state index in [1.165, 1.54) is 12.1 Å². The zero-order chi connectivity index (χ0) is 13.8. The highest BCUT2D eigenvalue weighted by atomic mass is 19.1. The summed E-state index contributed by atoms with van der Waals surface area (Å²) in [7, 11) is 0. The highest BCUT2D eigenvalue weighted by Gasteiger charge is 2.10. The quantitative estimate of drug-likeness (QED) is 0.646. The Kier molecular flexibility index (Phi) is 3.49. The Hall–Kier alpha value is -2.79. The van der Waals surface area contributed by atoms with Gasteiger partial charge in [0.15, 0.2) is 0 Å². The van der Waals surface area contributed by atoms with Gasteiger partial charge in [0.1, 0.15) is 17.6 Å². The third kappa shape index (κ3) is 2.72. The number of hydrazine groups is 1. The maximum absolute atomic E-state index is 13.4. The van der Waals surface area contributed by atoms with Gasteiger partial charge in [-0.15, -0.1) is 0 Å². The maximum atomic E-state index is 13.4. The van der Waals surface area contributed by atoms with Crippen LogP contribution < -0.4 is 16.0 Å². The van der Waals surface area contributed by atoms with Gasteiger partial charge in [-0.05, 0) is 12.1 Å². The summed E-state index contributed by atoms with van der Waals surface area (Å²) in [6, 6.07) is 5.15. The summed E-state index contributed by atoms with van der Waals surface area (Å²) in [5, 5.41) is 8.58. The molecule has 96 valence electrons. The molecule has 6 nitrogen and oxygen atoms in total. The molecule has 0 aliphatic carbocycles. The van der Waals surface area contributed by atoms with Crippen LogP contribution in [-0.4, -0.2) is 9.97 Å². The first-order valence-electron chi connectivity index (χ1n) is 5.00. The molecule has 1 aromatic heterocycles. The Morgan fingerprint density at radius 2 is 2.11 bits per heavy atom. The van der Waals surface area contributed by atoms with Crippen molar-refractivity contribution in [2.24, 2.45) is 5.84 Å². The van der Waals surface area contributed by atoms with Crippen molar-refractivity contribution in [3.63, 3.8) is 0 Å². The lowest BCUT2D eigenvalue weighted by atomic mass is 10.2. The summed E-state index contributed by atoms with van der Waals surface area (Å²) in [6.07, 6.45) is 0.859. The monoisotopic (exact) mass is 263 g/mol. The molecule has 3 N–H and O–H groups in total. The molecule has 8 heteroatoms. The van der Waals surface area contributed by atoms with Crippen LogP contribution in [0.4, 0.5) is 14.7 Å². The van der Waals surface area contributed by atoms with Gasteiger partial charge in [-0.2, -0.15) is 14.6 Å². The van der Waals surface area contributed by atoms with Gasteiger partial charge >= 0.3 is 0 Å². The number of hydrogen-bond acceptors (Lipinski definition) is 6. The van der Waals surface area contributed by atoms with Gasteiger partial charge in [0.05, 0.1) is 11.8 Å². The van der Waals surface area contributed by atoms with Crippen LogP contribution in [0.2, 0.25) is 0 Å². The molecule has 1 heterocycles. The fourth-order valence-corrected chi connectivity index (χ4v) is 1.25. The van der Waals surface area contributed by atoms with Crippen LogP contribution in [-0.2, 0) is 0 Å². The van der Waals surface area contributed by atoms with E-state index in [4.69, 9.17) is 15.8 Å². The molecule has 0 spiro atoms. The molecule has 2 rings (SSSR count). The molecule has 0 aliphatic heterocycles. The summed E-state index contributed by atoms with van der Waals surface area (Å²) in [6.45, 7) is 0. The van der Waals surface area contributed by atoms with Crippen molar-refractivity contribution in [2.75, 3.05) is 5.43 Å². The zero-order valence-electron chi connectivity index (χ0n) is 9.39. The van der Waals surface area contributed by atoms with Gasteiger partial charge in [0, 0.05) is 6.07 Å². The topological polar surface area (TPSA) is 96.8 Å². The van der Waals surface area contributed by atoms with E-state index >= 15 is 0 Å². The van der Waals surface area contributed by atoms with Crippen LogP contribution in [0.5, 0.6) is 11.6 Å². The number of nitrogens with one attached hydrogen (secondary N) is 1. The zero-order valence-corrected chi connectivity index (χ0v) is 9.39. The van der Waals surface area contributed by atoms with Crippen LogP contribution in [0.15, 0.2) is 24.4 Å². The standard InChI is InChI=1S/C11H7F2N5O/c12-8-3-7(2-1-6(8)4-14)19-10-9(13)5-16-11(17-10)18-15/h1-3,5H,15H2,(H,16,17,18). The molecule has 0 amide bonds. The number of aromatic nitrogens is 2. The van der Waals surface area contributed by atoms with Gasteiger partial charge in [-0.1, -0.05) is 0 Å². The summed E-state index contributed by atoms with van der Waals surface area (Å²) in [5.74, 6) is 3.01. The Labute approximate surface area is 106 Å². The molecule has 0 radical (unpaired) electrons. The normalized spacial score (nSPS) is 9.79. The molecule has 0 bridgehead atoms. The average molecular weight is 263 g/mol. The number of nitrogens with two attached hydrogens (primary N) is 1. The van der Waals surface area contributed by atoms with Crippen molar-refractivity contribution in [3.8, 4) is 17.7 Å². The summed E-state index contributed by atoms with van der Waals surface area (Å²) in [5.41, 5.74) is 1.98. The molecule has 2 aromatic rings. The van der Waals surface area contributed by atoms with Gasteiger partial charge in [0.2, 0.25) is 11.8 Å². The van der Waals surface area contributed by atoms with E-state index in [0.29, 0.717) is 0 Å². The minimum atomic E-state index is -0.830. The lowest BCUT2D eigenvalue weighted by Crippen LogP contribution is -2.11. The SMILES string of the molecule is N#Cc1ccc(Oc2nc(NN)ncc2F)cc1F. The number of ether oxygens (including phenoxy) is 1. The molecule has 19 heavy (non-hydrogen) atoms. The van der Waals surface area contributed by atoms with Crippen molar-refractivity contribution in [2.45, 2.75) is 0 Å². The van der Waals surface area contributed by atoms with Gasteiger partial charge in [-0.25, -0.2) is 15.2 Å². The largest absolute Gasteiger partial charge is 0.436 e. The molecule has 0 fully saturated rings. The van der Waals surface area contributed by atoms with E-state index in [1.807, 2.05) is 0 Å². The van der Waals surface area contributed by atoms with E-state index < -0.39 is 17.5 Å². The highest BCUT2D eigenvalue weighted by molar-refractivity contribution is 5.38. The van der Waals surface area contributed by atoms with Crippen LogP contribution >= 0.6 is 0 Å². The predicted molar refractivity (Wildman–Crippen MR) is 61.0 cm³/mol. The number of nitrogens with zero attached hydrogens (tertiary/aromatic N) is 3. The number of nitrogen functional groups attached to an aromatic ring is 1. The van der Waals surface area contributed by atoms with Crippen molar-refractivity contribution >= 4 is 5.95 Å².